The summed E-state index contributed by atoms with van der Waals surface area (Å²) in [5.74, 6) is -11.2. The number of allylic oxidation sites excluding steroid dienone is 2. The topological polar surface area (TPSA) is 114 Å². The van der Waals surface area contributed by atoms with Gasteiger partial charge in [0.05, 0.1) is 13.2 Å². The molecule has 0 aliphatic carbocycles. The van der Waals surface area contributed by atoms with Crippen molar-refractivity contribution in [2.75, 3.05) is 7.11 Å². The van der Waals surface area contributed by atoms with Gasteiger partial charge < -0.3 is 20.7 Å². The average Bonchev–Trinajstić information content (AvgIpc) is 2.89. The highest BCUT2D eigenvalue weighted by Gasteiger charge is 2.46. The molecular weight excluding hydrogens is 577 g/mol. The number of nitrogens with one attached hydrogen (secondary N) is 3. The number of alkyl halides is 5. The summed E-state index contributed by atoms with van der Waals surface area (Å²) in [6.45, 7) is 8.86. The van der Waals surface area contributed by atoms with Crippen LogP contribution in [0.2, 0.25) is 5.02 Å². The van der Waals surface area contributed by atoms with Gasteiger partial charge in [-0.25, -0.2) is 0 Å². The van der Waals surface area contributed by atoms with E-state index < -0.39 is 65.2 Å². The molecular formula is C27H31ClF5N3O5. The highest BCUT2D eigenvalue weighted by Crippen LogP contribution is 2.29. The molecule has 14 heteroatoms. The lowest BCUT2D eigenvalue weighted by Crippen LogP contribution is -2.58. The summed E-state index contributed by atoms with van der Waals surface area (Å²) in [6, 6.07) is -1.27. The fourth-order valence-electron chi connectivity index (χ4n) is 3.25. The minimum absolute atomic E-state index is 0.153. The Hall–Kier alpha value is -3.74. The molecule has 8 nitrogen and oxygen atoms in total. The summed E-state index contributed by atoms with van der Waals surface area (Å²) in [6.07, 6.45) is -1.16. The molecule has 0 spiro atoms. The highest BCUT2D eigenvalue weighted by molar-refractivity contribution is 6.30. The van der Waals surface area contributed by atoms with Crippen LogP contribution in [0.1, 0.15) is 33.3 Å². The Morgan fingerprint density at radius 1 is 0.927 bits per heavy atom. The predicted molar refractivity (Wildman–Crippen MR) is 142 cm³/mol. The van der Waals surface area contributed by atoms with E-state index >= 15 is 0 Å². The minimum atomic E-state index is -5.26. The van der Waals surface area contributed by atoms with E-state index in [0.717, 1.165) is 31.2 Å². The summed E-state index contributed by atoms with van der Waals surface area (Å²) in [5.41, 5.74) is -0.867. The van der Waals surface area contributed by atoms with Crippen molar-refractivity contribution in [3.63, 3.8) is 0 Å². The van der Waals surface area contributed by atoms with Crippen LogP contribution >= 0.6 is 11.6 Å². The van der Waals surface area contributed by atoms with Crippen molar-refractivity contribution in [2.45, 2.75) is 57.9 Å². The average molecular weight is 608 g/mol. The Morgan fingerprint density at radius 3 is 1.95 bits per heavy atom. The van der Waals surface area contributed by atoms with Gasteiger partial charge in [-0.15, -0.1) is 0 Å². The predicted octanol–water partition coefficient (Wildman–Crippen LogP) is 4.36. The molecule has 226 valence electrons. The van der Waals surface area contributed by atoms with E-state index in [1.54, 1.807) is 6.92 Å². The first kappa shape index (κ1) is 35.3. The van der Waals surface area contributed by atoms with Crippen molar-refractivity contribution in [3.8, 4) is 0 Å². The second-order valence-electron chi connectivity index (χ2n) is 9.11. The maximum Gasteiger partial charge on any atom is 0.452 e. The number of methoxy groups -OCH3 is 1. The number of hydrogen-bond donors (Lipinski definition) is 3. The number of carbonyl (C=O) groups excluding carboxylic acids is 4. The van der Waals surface area contributed by atoms with Crippen molar-refractivity contribution in [1.29, 1.82) is 0 Å². The number of amides is 3. The number of rotatable bonds is 13. The Morgan fingerprint density at radius 2 is 1.49 bits per heavy atom. The molecule has 0 aliphatic heterocycles. The molecule has 0 unspecified atom stereocenters. The SMILES string of the molecule is C=C(/C=C\C(=C/C)OC)[C@H](NC(=O)[C@H](C)NC(=O)C(F)(F)c1ccc(Cl)cc1)C(=O)N[C@H](C(=O)C(F)(F)F)C(C)C. The zero-order valence-corrected chi connectivity index (χ0v) is 23.6. The molecule has 1 aromatic carbocycles. The fraction of sp³-hybridized carbons (Fsp3) is 0.407. The van der Waals surface area contributed by atoms with Gasteiger partial charge in [0.2, 0.25) is 11.8 Å². The van der Waals surface area contributed by atoms with E-state index in [1.807, 2.05) is 10.6 Å². The molecule has 3 amide bonds. The number of ether oxygens (including phenoxy) is 1. The van der Waals surface area contributed by atoms with Gasteiger partial charge in [0.25, 0.3) is 11.7 Å². The summed E-state index contributed by atoms with van der Waals surface area (Å²) in [5, 5.41) is 6.13. The molecule has 0 saturated carbocycles. The van der Waals surface area contributed by atoms with Gasteiger partial charge in [-0.3, -0.25) is 19.2 Å². The quantitative estimate of drug-likeness (QED) is 0.175. The number of ketones is 1. The number of benzene rings is 1. The van der Waals surface area contributed by atoms with E-state index in [2.05, 4.69) is 11.9 Å². The van der Waals surface area contributed by atoms with Gasteiger partial charge in [0.15, 0.2) is 0 Å². The lowest BCUT2D eigenvalue weighted by Gasteiger charge is -2.27. The molecule has 1 rings (SSSR count). The number of carbonyl (C=O) groups is 4. The van der Waals surface area contributed by atoms with Gasteiger partial charge in [-0.2, -0.15) is 22.0 Å². The lowest BCUT2D eigenvalue weighted by molar-refractivity contribution is -0.175. The van der Waals surface area contributed by atoms with E-state index in [1.165, 1.54) is 39.2 Å². The molecule has 0 aromatic heterocycles. The minimum Gasteiger partial charge on any atom is -0.497 e. The lowest BCUT2D eigenvalue weighted by atomic mass is 9.98. The molecule has 0 saturated heterocycles. The van der Waals surface area contributed by atoms with Crippen molar-refractivity contribution >= 4 is 35.1 Å². The van der Waals surface area contributed by atoms with Crippen molar-refractivity contribution < 1.29 is 45.9 Å². The van der Waals surface area contributed by atoms with Crippen molar-refractivity contribution in [2.24, 2.45) is 5.92 Å². The Kier molecular flexibility index (Phi) is 12.7. The molecule has 0 aliphatic rings. The standard InChI is InChI=1S/C27H31ClF5N3O5/c1-7-19(41-6)13-8-15(4)21(24(39)35-20(14(2)3)22(37)27(31,32)33)36-23(38)16(5)34-25(40)26(29,30)17-9-11-18(28)12-10-17/h7-14,16,20-21H,4H2,1-3,5-6H3,(H,34,40)(H,35,39)(H,36,38)/b13-8-,19-7+/t16-,20-,21-/m0/s1. The Labute approximate surface area is 239 Å². The molecule has 3 atom stereocenters. The van der Waals surface area contributed by atoms with Crippen LogP contribution in [0, 0.1) is 5.92 Å². The van der Waals surface area contributed by atoms with Gasteiger partial charge in [-0.1, -0.05) is 50.2 Å². The zero-order valence-electron chi connectivity index (χ0n) is 22.9. The zero-order chi connectivity index (χ0) is 31.7. The summed E-state index contributed by atoms with van der Waals surface area (Å²) in [4.78, 5) is 50.1. The van der Waals surface area contributed by atoms with Crippen LogP contribution in [0.3, 0.4) is 0 Å². The number of halogens is 6. The molecule has 3 N–H and O–H groups in total. The molecule has 1 aromatic rings. The van der Waals surface area contributed by atoms with Gasteiger partial charge in [0.1, 0.15) is 17.8 Å². The molecule has 41 heavy (non-hydrogen) atoms. The fourth-order valence-corrected chi connectivity index (χ4v) is 3.38. The number of hydrogen-bond acceptors (Lipinski definition) is 5. The van der Waals surface area contributed by atoms with Gasteiger partial charge in [0, 0.05) is 10.6 Å². The maximum absolute atomic E-state index is 14.6. The first-order valence-electron chi connectivity index (χ1n) is 12.1. The monoisotopic (exact) mass is 607 g/mol. The summed E-state index contributed by atoms with van der Waals surface area (Å²) in [7, 11) is 1.34. The Balaban J connectivity index is 3.23. The highest BCUT2D eigenvalue weighted by atomic mass is 35.5. The van der Waals surface area contributed by atoms with Crippen LogP contribution in [0.25, 0.3) is 0 Å². The van der Waals surface area contributed by atoms with Gasteiger partial charge in [-0.05, 0) is 49.6 Å². The van der Waals surface area contributed by atoms with E-state index in [4.69, 9.17) is 16.3 Å². The molecule has 0 heterocycles. The maximum atomic E-state index is 14.6. The third kappa shape index (κ3) is 9.99. The molecule has 0 bridgehead atoms. The van der Waals surface area contributed by atoms with Crippen molar-refractivity contribution in [3.05, 3.63) is 71.0 Å². The van der Waals surface area contributed by atoms with Crippen molar-refractivity contribution in [1.82, 2.24) is 16.0 Å². The third-order valence-corrected chi connectivity index (χ3v) is 5.91. The third-order valence-electron chi connectivity index (χ3n) is 5.66. The summed E-state index contributed by atoms with van der Waals surface area (Å²) < 4.78 is 73.6. The molecule has 0 radical (unpaired) electrons. The first-order chi connectivity index (χ1) is 18.9. The van der Waals surface area contributed by atoms with Gasteiger partial charge >= 0.3 is 12.1 Å². The summed E-state index contributed by atoms with van der Waals surface area (Å²) >= 11 is 5.68. The second kappa shape index (κ2) is 14.8. The van der Waals surface area contributed by atoms with Crippen LogP contribution in [-0.2, 0) is 29.8 Å². The van der Waals surface area contributed by atoms with Crippen LogP contribution in [0.15, 0.2) is 60.4 Å². The van der Waals surface area contributed by atoms with Crippen LogP contribution in [0.4, 0.5) is 22.0 Å². The van der Waals surface area contributed by atoms with E-state index in [0.29, 0.717) is 5.76 Å². The van der Waals surface area contributed by atoms with Crippen LogP contribution in [-0.4, -0.2) is 54.9 Å². The van der Waals surface area contributed by atoms with Crippen LogP contribution in [0.5, 0.6) is 0 Å². The largest absolute Gasteiger partial charge is 0.497 e. The smallest absolute Gasteiger partial charge is 0.452 e. The Bertz CT molecular complexity index is 1200. The first-order valence-corrected chi connectivity index (χ1v) is 12.5. The van der Waals surface area contributed by atoms with Crippen LogP contribution < -0.4 is 16.0 Å². The second-order valence-corrected chi connectivity index (χ2v) is 9.55. The molecule has 0 fully saturated rings. The van der Waals surface area contributed by atoms with E-state index in [-0.39, 0.29) is 10.6 Å². The number of Topliss-reactive ketones (excluding diaryl/α,β-unsaturated/α-hetero) is 1. The van der Waals surface area contributed by atoms with E-state index in [9.17, 15) is 41.1 Å². The normalized spacial score (nSPS) is 14.7.